The molecule has 4 atom stereocenters. The van der Waals surface area contributed by atoms with Crippen molar-refractivity contribution < 1.29 is 9.53 Å². The first kappa shape index (κ1) is 14.4. The lowest BCUT2D eigenvalue weighted by Gasteiger charge is -2.25. The van der Waals surface area contributed by atoms with Gasteiger partial charge in [0.1, 0.15) is 5.75 Å². The molecular formula is C18H25NO2. The number of hydrogen-bond acceptors (Lipinski definition) is 2. The van der Waals surface area contributed by atoms with Gasteiger partial charge in [-0.1, -0.05) is 18.6 Å². The van der Waals surface area contributed by atoms with E-state index in [-0.39, 0.29) is 5.91 Å². The number of rotatable bonds is 4. The van der Waals surface area contributed by atoms with Crippen LogP contribution in [0.25, 0.3) is 0 Å². The van der Waals surface area contributed by atoms with E-state index >= 15 is 0 Å². The average molecular weight is 287 g/mol. The molecule has 2 aliphatic carbocycles. The molecule has 0 heterocycles. The Morgan fingerprint density at radius 1 is 1.29 bits per heavy atom. The van der Waals surface area contributed by atoms with Crippen molar-refractivity contribution in [3.8, 4) is 5.75 Å². The zero-order chi connectivity index (χ0) is 15.0. The van der Waals surface area contributed by atoms with Crippen molar-refractivity contribution in [2.75, 3.05) is 0 Å². The molecule has 1 N–H and O–H groups in total. The molecule has 2 saturated carbocycles. The quantitative estimate of drug-likeness (QED) is 0.922. The molecule has 2 fully saturated rings. The van der Waals surface area contributed by atoms with Crippen molar-refractivity contribution in [3.05, 3.63) is 29.3 Å². The Morgan fingerprint density at radius 3 is 2.76 bits per heavy atom. The number of carbonyl (C=O) groups is 1. The van der Waals surface area contributed by atoms with E-state index in [1.807, 2.05) is 32.9 Å². The summed E-state index contributed by atoms with van der Waals surface area (Å²) < 4.78 is 5.87. The van der Waals surface area contributed by atoms with Crippen LogP contribution in [0.5, 0.6) is 5.75 Å². The Hall–Kier alpha value is -1.51. The topological polar surface area (TPSA) is 38.3 Å². The summed E-state index contributed by atoms with van der Waals surface area (Å²) in [6.45, 7) is 5.88. The van der Waals surface area contributed by atoms with Crippen molar-refractivity contribution in [1.29, 1.82) is 0 Å². The van der Waals surface area contributed by atoms with Crippen LogP contribution >= 0.6 is 0 Å². The lowest BCUT2D eigenvalue weighted by molar-refractivity contribution is -0.128. The first-order valence-corrected chi connectivity index (χ1v) is 8.07. The molecule has 3 rings (SSSR count). The van der Waals surface area contributed by atoms with E-state index in [1.54, 1.807) is 0 Å². The Balaban J connectivity index is 1.58. The van der Waals surface area contributed by atoms with Crippen molar-refractivity contribution in [2.45, 2.75) is 58.6 Å². The number of hydrogen-bond donors (Lipinski definition) is 1. The number of amides is 1. The van der Waals surface area contributed by atoms with E-state index in [9.17, 15) is 4.79 Å². The number of benzene rings is 1. The highest BCUT2D eigenvalue weighted by atomic mass is 16.5. The van der Waals surface area contributed by atoms with Crippen LogP contribution < -0.4 is 10.1 Å². The zero-order valence-electron chi connectivity index (χ0n) is 13.2. The minimum Gasteiger partial charge on any atom is -0.481 e. The Morgan fingerprint density at radius 2 is 2.10 bits per heavy atom. The second kappa shape index (κ2) is 5.70. The molecule has 0 unspecified atom stereocenters. The molecule has 114 valence electrons. The zero-order valence-corrected chi connectivity index (χ0v) is 13.2. The van der Waals surface area contributed by atoms with Gasteiger partial charge in [-0.2, -0.15) is 0 Å². The van der Waals surface area contributed by atoms with Crippen LogP contribution in [0.1, 0.15) is 43.7 Å². The second-order valence-corrected chi connectivity index (χ2v) is 6.82. The first-order chi connectivity index (χ1) is 10.0. The summed E-state index contributed by atoms with van der Waals surface area (Å²) in [5.74, 6) is 2.38. The van der Waals surface area contributed by atoms with Gasteiger partial charge in [0.05, 0.1) is 0 Å². The molecule has 2 aliphatic rings. The Labute approximate surface area is 127 Å². The van der Waals surface area contributed by atoms with Crippen molar-refractivity contribution in [2.24, 2.45) is 11.8 Å². The summed E-state index contributed by atoms with van der Waals surface area (Å²) in [5, 5.41) is 3.20. The molecule has 0 aliphatic heterocycles. The molecule has 1 aromatic carbocycles. The Bertz CT molecular complexity index is 540. The van der Waals surface area contributed by atoms with Gasteiger partial charge in [0, 0.05) is 6.04 Å². The highest BCUT2D eigenvalue weighted by molar-refractivity contribution is 5.81. The fourth-order valence-corrected chi connectivity index (χ4v) is 3.80. The van der Waals surface area contributed by atoms with Crippen LogP contribution in [0.15, 0.2) is 18.2 Å². The normalized spacial score (nSPS) is 28.4. The van der Waals surface area contributed by atoms with Crippen molar-refractivity contribution in [3.63, 3.8) is 0 Å². The maximum atomic E-state index is 12.3. The van der Waals surface area contributed by atoms with Gasteiger partial charge in [0.25, 0.3) is 5.91 Å². The molecule has 2 bridgehead atoms. The number of nitrogens with one attached hydrogen (secondary N) is 1. The van der Waals surface area contributed by atoms with E-state index in [0.717, 1.165) is 29.2 Å². The molecule has 21 heavy (non-hydrogen) atoms. The minimum atomic E-state index is -0.440. The maximum Gasteiger partial charge on any atom is 0.261 e. The number of fused-ring (bicyclic) bond motifs is 2. The number of ether oxygens (including phenoxy) is 1. The summed E-state index contributed by atoms with van der Waals surface area (Å²) in [6, 6.07) is 6.46. The predicted molar refractivity (Wildman–Crippen MR) is 83.4 cm³/mol. The average Bonchev–Trinajstić information content (AvgIpc) is 3.05. The minimum absolute atomic E-state index is 0.0217. The van der Waals surface area contributed by atoms with E-state index in [2.05, 4.69) is 11.4 Å². The monoisotopic (exact) mass is 287 g/mol. The fourth-order valence-electron chi connectivity index (χ4n) is 3.80. The van der Waals surface area contributed by atoms with Crippen molar-refractivity contribution in [1.82, 2.24) is 5.32 Å². The van der Waals surface area contributed by atoms with Crippen molar-refractivity contribution >= 4 is 5.91 Å². The third-order valence-electron chi connectivity index (χ3n) is 5.08. The number of aryl methyl sites for hydroxylation is 2. The lowest BCUT2D eigenvalue weighted by atomic mass is 9.95. The van der Waals surface area contributed by atoms with E-state index < -0.39 is 6.10 Å². The van der Waals surface area contributed by atoms with Crippen LogP contribution in [0, 0.1) is 25.7 Å². The molecular weight excluding hydrogens is 262 g/mol. The van der Waals surface area contributed by atoms with E-state index in [1.165, 1.54) is 19.3 Å². The van der Waals surface area contributed by atoms with Crippen LogP contribution in [-0.2, 0) is 4.79 Å². The standard InChI is InChI=1S/C18H25NO2/c1-11-4-5-12(2)17(8-11)21-13(3)18(20)19-16-10-14-6-7-15(16)9-14/h4-5,8,13-16H,6-7,9-10H2,1-3H3,(H,19,20)/t13-,14-,15-,16-/m0/s1. The molecule has 0 radical (unpaired) electrons. The molecule has 0 aromatic heterocycles. The SMILES string of the molecule is Cc1ccc(C)c(O[C@@H](C)C(=O)N[C@H]2C[C@H]3CC[C@H]2C3)c1. The summed E-state index contributed by atoms with van der Waals surface area (Å²) >= 11 is 0. The van der Waals surface area contributed by atoms with Gasteiger partial charge >= 0.3 is 0 Å². The summed E-state index contributed by atoms with van der Waals surface area (Å²) in [5.41, 5.74) is 2.22. The van der Waals surface area contributed by atoms with Crippen LogP contribution in [0.2, 0.25) is 0 Å². The first-order valence-electron chi connectivity index (χ1n) is 8.07. The Kier molecular flexibility index (Phi) is 3.92. The maximum absolute atomic E-state index is 12.3. The second-order valence-electron chi connectivity index (χ2n) is 6.82. The van der Waals surface area contributed by atoms with E-state index in [0.29, 0.717) is 12.0 Å². The van der Waals surface area contributed by atoms with Crippen LogP contribution in [0.3, 0.4) is 0 Å². The molecule has 1 aromatic rings. The van der Waals surface area contributed by atoms with E-state index in [4.69, 9.17) is 4.74 Å². The van der Waals surface area contributed by atoms with Gasteiger partial charge in [0.15, 0.2) is 6.10 Å². The highest BCUT2D eigenvalue weighted by Gasteiger charge is 2.40. The lowest BCUT2D eigenvalue weighted by Crippen LogP contribution is -2.44. The van der Waals surface area contributed by atoms with Gasteiger partial charge in [0.2, 0.25) is 0 Å². The predicted octanol–water partition coefficient (Wildman–Crippen LogP) is 3.38. The van der Waals surface area contributed by atoms with Gasteiger partial charge < -0.3 is 10.1 Å². The molecule has 1 amide bonds. The summed E-state index contributed by atoms with van der Waals surface area (Å²) in [4.78, 5) is 12.3. The number of carbonyl (C=O) groups excluding carboxylic acids is 1. The molecule has 0 saturated heterocycles. The molecule has 3 heteroatoms. The largest absolute Gasteiger partial charge is 0.481 e. The highest BCUT2D eigenvalue weighted by Crippen LogP contribution is 2.44. The van der Waals surface area contributed by atoms with Gasteiger partial charge in [-0.05, 0) is 69.1 Å². The van der Waals surface area contributed by atoms with Crippen LogP contribution in [0.4, 0.5) is 0 Å². The van der Waals surface area contributed by atoms with Gasteiger partial charge in [-0.25, -0.2) is 0 Å². The summed E-state index contributed by atoms with van der Waals surface area (Å²) in [7, 11) is 0. The molecule has 0 spiro atoms. The summed E-state index contributed by atoms with van der Waals surface area (Å²) in [6.07, 6.45) is 4.65. The third kappa shape index (κ3) is 3.07. The molecule has 3 nitrogen and oxygen atoms in total. The van der Waals surface area contributed by atoms with Gasteiger partial charge in [-0.3, -0.25) is 4.79 Å². The smallest absolute Gasteiger partial charge is 0.261 e. The fraction of sp³-hybridized carbons (Fsp3) is 0.611. The van der Waals surface area contributed by atoms with Gasteiger partial charge in [-0.15, -0.1) is 0 Å². The van der Waals surface area contributed by atoms with Crippen LogP contribution in [-0.4, -0.2) is 18.1 Å². The third-order valence-corrected chi connectivity index (χ3v) is 5.08.